The number of hydrogen-bond acceptors (Lipinski definition) is 5. The van der Waals surface area contributed by atoms with Crippen molar-refractivity contribution in [1.82, 2.24) is 9.19 Å². The molecule has 2 heterocycles. The van der Waals surface area contributed by atoms with E-state index < -0.39 is 10.0 Å². The smallest absolute Gasteiger partial charge is 0.250 e. The summed E-state index contributed by atoms with van der Waals surface area (Å²) in [6.07, 6.45) is 4.41. The zero-order valence-electron chi connectivity index (χ0n) is 12.5. The van der Waals surface area contributed by atoms with Crippen molar-refractivity contribution in [1.29, 1.82) is 0 Å². The van der Waals surface area contributed by atoms with Gasteiger partial charge in [-0.25, -0.2) is 8.42 Å². The first-order valence-electron chi connectivity index (χ1n) is 6.91. The molecule has 128 valence electrons. The Morgan fingerprint density at radius 2 is 2.08 bits per heavy atom. The molecule has 1 aromatic carbocycles. The summed E-state index contributed by atoms with van der Waals surface area (Å²) in [7, 11) is -3.46. The Hall–Kier alpha value is -1.35. The lowest BCUT2D eigenvalue weighted by Crippen LogP contribution is -2.22. The molecule has 0 bridgehead atoms. The van der Waals surface area contributed by atoms with Crippen molar-refractivity contribution < 1.29 is 13.5 Å². The first kappa shape index (κ1) is 17.5. The van der Waals surface area contributed by atoms with E-state index in [2.05, 4.69) is 5.10 Å². The maximum Gasteiger partial charge on any atom is 0.250 e. The molecule has 1 unspecified atom stereocenters. The normalized spacial score (nSPS) is 18.4. The Morgan fingerprint density at radius 3 is 2.71 bits per heavy atom. The first-order chi connectivity index (χ1) is 11.2. The standard InChI is InChI=1S/C14H13Cl2N3O3S2/c1-24(21,22)19-7-9(5-17-19)18-6-8(4-12(18)23)13-11(20)3-2-10(15)14(13)16/h2-3,5,7-8,20H,4,6H2,1H3. The topological polar surface area (TPSA) is 75.4 Å². The zero-order valence-corrected chi connectivity index (χ0v) is 15.6. The van der Waals surface area contributed by atoms with Crippen LogP contribution in [-0.2, 0) is 10.0 Å². The highest BCUT2D eigenvalue weighted by Crippen LogP contribution is 2.42. The van der Waals surface area contributed by atoms with E-state index in [1.165, 1.54) is 24.5 Å². The second-order valence-corrected chi connectivity index (χ2v) is 8.63. The lowest BCUT2D eigenvalue weighted by Gasteiger charge is -2.17. The van der Waals surface area contributed by atoms with E-state index in [4.69, 9.17) is 35.4 Å². The first-order valence-corrected chi connectivity index (χ1v) is 9.92. The fraction of sp³-hybridized carbons (Fsp3) is 0.286. The van der Waals surface area contributed by atoms with Crippen molar-refractivity contribution in [2.45, 2.75) is 12.3 Å². The minimum absolute atomic E-state index is 0.0610. The molecular formula is C14H13Cl2N3O3S2. The molecule has 1 aliphatic rings. The van der Waals surface area contributed by atoms with E-state index in [9.17, 15) is 13.5 Å². The lowest BCUT2D eigenvalue weighted by atomic mass is 9.97. The Kier molecular flexibility index (Phi) is 4.50. The molecule has 0 radical (unpaired) electrons. The molecule has 6 nitrogen and oxygen atoms in total. The third-order valence-electron chi connectivity index (χ3n) is 3.84. The van der Waals surface area contributed by atoms with Crippen LogP contribution in [0.1, 0.15) is 17.9 Å². The van der Waals surface area contributed by atoms with Gasteiger partial charge in [-0.1, -0.05) is 35.4 Å². The van der Waals surface area contributed by atoms with E-state index >= 15 is 0 Å². The molecule has 2 aromatic rings. The number of phenolic OH excluding ortho intramolecular Hbond substituents is 1. The largest absolute Gasteiger partial charge is 0.508 e. The number of thiocarbonyl (C=S) groups is 1. The van der Waals surface area contributed by atoms with Crippen LogP contribution in [0.25, 0.3) is 0 Å². The molecular weight excluding hydrogens is 393 g/mol. The Labute approximate surface area is 154 Å². The third kappa shape index (κ3) is 3.11. The predicted molar refractivity (Wildman–Crippen MR) is 97.9 cm³/mol. The number of phenols is 1. The Balaban J connectivity index is 1.92. The molecule has 0 amide bonds. The van der Waals surface area contributed by atoms with Gasteiger partial charge in [0.05, 0.1) is 39.4 Å². The average Bonchev–Trinajstić information content (AvgIpc) is 3.10. The Morgan fingerprint density at radius 1 is 1.38 bits per heavy atom. The van der Waals surface area contributed by atoms with Gasteiger partial charge in [-0.2, -0.15) is 9.19 Å². The number of benzene rings is 1. The summed E-state index contributed by atoms with van der Waals surface area (Å²) in [6.45, 7) is 0.446. The van der Waals surface area contributed by atoms with Crippen LogP contribution in [0.15, 0.2) is 24.5 Å². The summed E-state index contributed by atoms with van der Waals surface area (Å²) in [6, 6.07) is 3.03. The molecule has 3 rings (SSSR count). The van der Waals surface area contributed by atoms with Crippen molar-refractivity contribution in [2.24, 2.45) is 0 Å². The molecule has 1 atom stereocenters. The number of aromatic hydroxyl groups is 1. The summed E-state index contributed by atoms with van der Waals surface area (Å²) >= 11 is 17.7. The summed E-state index contributed by atoms with van der Waals surface area (Å²) in [5, 5.41) is 14.6. The number of rotatable bonds is 3. The summed E-state index contributed by atoms with van der Waals surface area (Å²) in [4.78, 5) is 2.40. The van der Waals surface area contributed by atoms with Crippen LogP contribution in [0.4, 0.5) is 5.69 Å². The SMILES string of the molecule is CS(=O)(=O)n1cc(N2CC(c3c(O)ccc(Cl)c3Cl)CC2=S)cn1. The number of aromatic nitrogens is 2. The molecule has 24 heavy (non-hydrogen) atoms. The van der Waals surface area contributed by atoms with Gasteiger partial charge in [0, 0.05) is 24.4 Å². The molecule has 1 fully saturated rings. The van der Waals surface area contributed by atoms with Crippen LogP contribution >= 0.6 is 35.4 Å². The summed E-state index contributed by atoms with van der Waals surface area (Å²) in [5.74, 6) is -0.0869. The van der Waals surface area contributed by atoms with Crippen LogP contribution in [0.3, 0.4) is 0 Å². The number of hydrogen-bond donors (Lipinski definition) is 1. The minimum atomic E-state index is -3.46. The highest BCUT2D eigenvalue weighted by Gasteiger charge is 2.33. The van der Waals surface area contributed by atoms with E-state index in [-0.39, 0.29) is 11.7 Å². The van der Waals surface area contributed by atoms with Crippen LogP contribution in [-0.4, -0.2) is 40.5 Å². The van der Waals surface area contributed by atoms with Crippen LogP contribution < -0.4 is 4.90 Å². The molecule has 0 saturated carbocycles. The maximum atomic E-state index is 11.5. The summed E-state index contributed by atoms with van der Waals surface area (Å²) < 4.78 is 24.0. The van der Waals surface area contributed by atoms with Crippen molar-refractivity contribution in [3.8, 4) is 5.75 Å². The highest BCUT2D eigenvalue weighted by molar-refractivity contribution is 7.89. The number of nitrogens with zero attached hydrogens (tertiary/aromatic N) is 3. The van der Waals surface area contributed by atoms with Crippen LogP contribution in [0.2, 0.25) is 10.0 Å². The highest BCUT2D eigenvalue weighted by atomic mass is 35.5. The molecule has 1 N–H and O–H groups in total. The number of anilines is 1. The molecule has 1 aliphatic heterocycles. The van der Waals surface area contributed by atoms with Crippen molar-refractivity contribution in [2.75, 3.05) is 17.7 Å². The fourth-order valence-electron chi connectivity index (χ4n) is 2.71. The molecule has 10 heteroatoms. The average molecular weight is 406 g/mol. The van der Waals surface area contributed by atoms with Gasteiger partial charge in [0.1, 0.15) is 5.75 Å². The monoisotopic (exact) mass is 405 g/mol. The quantitative estimate of drug-likeness (QED) is 0.790. The van der Waals surface area contributed by atoms with Gasteiger partial charge in [0.25, 0.3) is 10.0 Å². The molecule has 1 aromatic heterocycles. The third-order valence-corrected chi connectivity index (χ3v) is 5.93. The summed E-state index contributed by atoms with van der Waals surface area (Å²) in [5.41, 5.74) is 1.12. The van der Waals surface area contributed by atoms with Gasteiger partial charge in [-0.05, 0) is 12.1 Å². The maximum absolute atomic E-state index is 11.5. The zero-order chi connectivity index (χ0) is 17.6. The molecule has 0 spiro atoms. The van der Waals surface area contributed by atoms with E-state index in [0.29, 0.717) is 39.3 Å². The molecule has 1 saturated heterocycles. The second-order valence-electron chi connectivity index (χ2n) is 5.53. The van der Waals surface area contributed by atoms with Crippen molar-refractivity contribution in [3.05, 3.63) is 40.1 Å². The van der Waals surface area contributed by atoms with Gasteiger partial charge in [0.2, 0.25) is 0 Å². The van der Waals surface area contributed by atoms with Crippen LogP contribution in [0, 0.1) is 0 Å². The van der Waals surface area contributed by atoms with E-state index in [1.54, 1.807) is 4.90 Å². The van der Waals surface area contributed by atoms with Gasteiger partial charge >= 0.3 is 0 Å². The lowest BCUT2D eigenvalue weighted by molar-refractivity contribution is 0.463. The van der Waals surface area contributed by atoms with Gasteiger partial charge < -0.3 is 10.0 Å². The van der Waals surface area contributed by atoms with Gasteiger partial charge in [0.15, 0.2) is 0 Å². The minimum Gasteiger partial charge on any atom is -0.508 e. The fourth-order valence-corrected chi connectivity index (χ4v) is 4.09. The molecule has 0 aliphatic carbocycles. The Bertz CT molecular complexity index is 927. The van der Waals surface area contributed by atoms with E-state index in [0.717, 1.165) is 10.3 Å². The van der Waals surface area contributed by atoms with Crippen molar-refractivity contribution in [3.63, 3.8) is 0 Å². The van der Waals surface area contributed by atoms with Crippen molar-refractivity contribution >= 4 is 56.1 Å². The second kappa shape index (κ2) is 6.18. The van der Waals surface area contributed by atoms with E-state index in [1.807, 2.05) is 0 Å². The van der Waals surface area contributed by atoms with Crippen LogP contribution in [0.5, 0.6) is 5.75 Å². The van der Waals surface area contributed by atoms with Gasteiger partial charge in [-0.15, -0.1) is 0 Å². The number of halogens is 2. The predicted octanol–water partition coefficient (Wildman–Crippen LogP) is 3.02. The van der Waals surface area contributed by atoms with Gasteiger partial charge in [-0.3, -0.25) is 0 Å².